The maximum atomic E-state index is 6.30. The van der Waals surface area contributed by atoms with Crippen molar-refractivity contribution in [3.05, 3.63) is 108 Å². The Labute approximate surface area is 415 Å². The zero-order valence-corrected chi connectivity index (χ0v) is 42.9. The Balaban J connectivity index is 0.978. The molecule has 5 heterocycles. The maximum Gasteiger partial charge on any atom is 0.119 e. The first-order chi connectivity index (χ1) is 33.9. The molecule has 7 nitrogen and oxygen atoms in total. The highest BCUT2D eigenvalue weighted by molar-refractivity contribution is 5.94. The molecule has 0 atom stereocenters. The fourth-order valence-corrected chi connectivity index (χ4v) is 9.89. The molecule has 368 valence electrons. The molecule has 0 fully saturated rings. The molecule has 5 aromatic rings. The average molecular weight is 931 g/mol. The predicted octanol–water partition coefficient (Wildman–Crippen LogP) is 17.4. The Hall–Kier alpha value is -5.40. The van der Waals surface area contributed by atoms with Gasteiger partial charge in [0.2, 0.25) is 0 Å². The van der Waals surface area contributed by atoms with Gasteiger partial charge in [-0.05, 0) is 115 Å². The number of ether oxygens (including phenoxy) is 2. The number of aromatic nitrogens is 4. The topological polar surface area (TPSA) is 75.8 Å². The highest BCUT2D eigenvalue weighted by Crippen LogP contribution is 2.34. The number of hydrogen-bond acceptors (Lipinski definition) is 4. The minimum absolute atomic E-state index is 0.718. The lowest BCUT2D eigenvalue weighted by molar-refractivity contribution is -0.890. The minimum Gasteiger partial charge on any atom is -0.494 e. The standard InChI is InChI=1S/C62H84N5O2/c1-5-7-9-11-13-15-16-17-18-19-21-23-25-45-68-55-35-27-49(28-36-55)61-57-39-31-51(63-57)47-53-33-41-59(65-53)62(60-42-34-54(66-60)48-52-32-40-58(61)64-52)50-29-37-56(38-30-50)69-46-26-44-67(3,4)43-24-22-20-14-12-10-8-6-2/h27-42,47-48,65-66H,5-26,43-46H2,1-4H3/q+1. The van der Waals surface area contributed by atoms with Crippen molar-refractivity contribution in [1.29, 1.82) is 0 Å². The van der Waals surface area contributed by atoms with Crippen LogP contribution in [0.3, 0.4) is 0 Å². The molecule has 0 saturated carbocycles. The van der Waals surface area contributed by atoms with Crippen LogP contribution in [0.2, 0.25) is 0 Å². The maximum absolute atomic E-state index is 6.30. The first kappa shape index (κ1) is 51.5. The number of benzene rings is 2. The van der Waals surface area contributed by atoms with E-state index in [0.29, 0.717) is 0 Å². The second-order valence-electron chi connectivity index (χ2n) is 20.4. The van der Waals surface area contributed by atoms with E-state index >= 15 is 0 Å². The number of fused-ring (bicyclic) bond motifs is 8. The van der Waals surface area contributed by atoms with Crippen LogP contribution in [-0.2, 0) is 0 Å². The van der Waals surface area contributed by atoms with Crippen molar-refractivity contribution in [3.8, 4) is 33.8 Å². The lowest BCUT2D eigenvalue weighted by atomic mass is 10.0. The minimum atomic E-state index is 0.718. The molecule has 2 aliphatic rings. The summed E-state index contributed by atoms with van der Waals surface area (Å²) in [6.45, 7) is 8.40. The molecule has 0 unspecified atom stereocenters. The summed E-state index contributed by atoms with van der Waals surface area (Å²) in [7, 11) is 4.73. The van der Waals surface area contributed by atoms with Crippen LogP contribution in [0.4, 0.5) is 0 Å². The van der Waals surface area contributed by atoms with Crippen molar-refractivity contribution in [2.45, 2.75) is 155 Å². The van der Waals surface area contributed by atoms with E-state index in [0.717, 1.165) is 116 Å². The molecule has 0 saturated heterocycles. The number of quaternary nitrogens is 1. The highest BCUT2D eigenvalue weighted by Gasteiger charge is 2.16. The quantitative estimate of drug-likeness (QED) is 0.0336. The molecule has 2 aliphatic heterocycles. The first-order valence-electron chi connectivity index (χ1n) is 27.3. The third-order valence-electron chi connectivity index (χ3n) is 14.0. The smallest absolute Gasteiger partial charge is 0.119 e. The van der Waals surface area contributed by atoms with Crippen LogP contribution in [0.15, 0.2) is 84.9 Å². The monoisotopic (exact) mass is 931 g/mol. The molecule has 7 rings (SSSR count). The molecule has 0 amide bonds. The molecule has 0 aliphatic carbocycles. The van der Waals surface area contributed by atoms with Crippen LogP contribution >= 0.6 is 0 Å². The molecule has 3 aromatic heterocycles. The van der Waals surface area contributed by atoms with Crippen LogP contribution in [0, 0.1) is 0 Å². The van der Waals surface area contributed by atoms with Crippen LogP contribution < -0.4 is 9.47 Å². The van der Waals surface area contributed by atoms with Gasteiger partial charge in [-0.25, -0.2) is 9.97 Å². The number of H-pyrrole nitrogens is 2. The molecule has 2 aromatic carbocycles. The predicted molar refractivity (Wildman–Crippen MR) is 295 cm³/mol. The van der Waals surface area contributed by atoms with Gasteiger partial charge in [0.05, 0.1) is 63.2 Å². The number of rotatable bonds is 31. The summed E-state index contributed by atoms with van der Waals surface area (Å²) in [4.78, 5) is 17.7. The van der Waals surface area contributed by atoms with E-state index < -0.39 is 0 Å². The van der Waals surface area contributed by atoms with Gasteiger partial charge in [0.1, 0.15) is 11.5 Å². The summed E-state index contributed by atoms with van der Waals surface area (Å²) >= 11 is 0. The SMILES string of the molecule is CCCCCCCCCCCCCCCOc1ccc(-c2c3nc(cc4ccc([nH]4)c(-c4ccc(OCCC[N+](C)(C)CCCCCCCCCC)cc4)c4ccc(cc5nc2C=C5)[nH]4)C=C3)cc1. The Bertz CT molecular complexity index is 2430. The van der Waals surface area contributed by atoms with Gasteiger partial charge in [-0.1, -0.05) is 154 Å². The van der Waals surface area contributed by atoms with Gasteiger partial charge in [0.25, 0.3) is 0 Å². The normalized spacial score (nSPS) is 12.3. The van der Waals surface area contributed by atoms with E-state index in [2.05, 4.69) is 147 Å². The van der Waals surface area contributed by atoms with Gasteiger partial charge in [0, 0.05) is 39.6 Å². The Morgan fingerprint density at radius 2 is 0.797 bits per heavy atom. The molecule has 2 N–H and O–H groups in total. The summed E-state index contributed by atoms with van der Waals surface area (Å²) in [5.74, 6) is 1.80. The molecular weight excluding hydrogens is 847 g/mol. The number of aromatic amines is 2. The number of hydrogen-bond donors (Lipinski definition) is 2. The van der Waals surface area contributed by atoms with Crippen molar-refractivity contribution in [2.75, 3.05) is 40.4 Å². The van der Waals surface area contributed by atoms with E-state index in [4.69, 9.17) is 19.4 Å². The molecular formula is C62H84N5O2+. The summed E-state index contributed by atoms with van der Waals surface area (Å²) in [5.41, 5.74) is 11.8. The van der Waals surface area contributed by atoms with Crippen molar-refractivity contribution in [1.82, 2.24) is 19.9 Å². The van der Waals surface area contributed by atoms with Crippen molar-refractivity contribution in [3.63, 3.8) is 0 Å². The number of unbranched alkanes of at least 4 members (excludes halogenated alkanes) is 19. The zero-order chi connectivity index (χ0) is 47.9. The molecule has 8 bridgehead atoms. The molecule has 0 radical (unpaired) electrons. The van der Waals surface area contributed by atoms with E-state index in [-0.39, 0.29) is 0 Å². The van der Waals surface area contributed by atoms with E-state index in [1.807, 2.05) is 0 Å². The third-order valence-corrected chi connectivity index (χ3v) is 14.0. The largest absolute Gasteiger partial charge is 0.494 e. The lowest BCUT2D eigenvalue weighted by Gasteiger charge is -2.30. The lowest BCUT2D eigenvalue weighted by Crippen LogP contribution is -2.41. The van der Waals surface area contributed by atoms with E-state index in [1.165, 1.54) is 135 Å². The number of nitrogens with one attached hydrogen (secondary N) is 2. The Kier molecular flexibility index (Phi) is 20.7. The zero-order valence-electron chi connectivity index (χ0n) is 42.9. The van der Waals surface area contributed by atoms with Crippen LogP contribution in [0.5, 0.6) is 11.5 Å². The second kappa shape index (κ2) is 27.7. The van der Waals surface area contributed by atoms with Gasteiger partial charge in [-0.15, -0.1) is 0 Å². The van der Waals surface area contributed by atoms with Crippen molar-refractivity contribution in [2.24, 2.45) is 0 Å². The van der Waals surface area contributed by atoms with E-state index in [9.17, 15) is 0 Å². The van der Waals surface area contributed by atoms with E-state index in [1.54, 1.807) is 0 Å². The Morgan fingerprint density at radius 1 is 0.406 bits per heavy atom. The van der Waals surface area contributed by atoms with Gasteiger partial charge in [0.15, 0.2) is 0 Å². The molecule has 69 heavy (non-hydrogen) atoms. The van der Waals surface area contributed by atoms with Gasteiger partial charge in [-0.2, -0.15) is 0 Å². The fraction of sp³-hybridized carbons (Fsp3) is 0.484. The van der Waals surface area contributed by atoms with Gasteiger partial charge >= 0.3 is 0 Å². The fourth-order valence-electron chi connectivity index (χ4n) is 9.89. The van der Waals surface area contributed by atoms with Crippen LogP contribution in [-0.4, -0.2) is 64.8 Å². The highest BCUT2D eigenvalue weighted by atomic mass is 16.5. The van der Waals surface area contributed by atoms with Crippen LogP contribution in [0.1, 0.15) is 178 Å². The van der Waals surface area contributed by atoms with Crippen molar-refractivity contribution >= 4 is 46.4 Å². The van der Waals surface area contributed by atoms with Gasteiger partial charge < -0.3 is 23.9 Å². The summed E-state index contributed by atoms with van der Waals surface area (Å²) in [6, 6.07) is 29.9. The van der Waals surface area contributed by atoms with Crippen LogP contribution in [0.25, 0.3) is 68.6 Å². The second-order valence-corrected chi connectivity index (χ2v) is 20.4. The summed E-state index contributed by atoms with van der Waals surface area (Å²) in [6.07, 6.45) is 37.9. The Morgan fingerprint density at radius 3 is 1.26 bits per heavy atom. The van der Waals surface area contributed by atoms with Crippen molar-refractivity contribution < 1.29 is 14.0 Å². The summed E-state index contributed by atoms with van der Waals surface area (Å²) in [5, 5.41) is 0. The molecule has 7 heteroatoms. The third kappa shape index (κ3) is 16.6. The average Bonchev–Trinajstić information content (AvgIpc) is 4.20. The molecule has 0 spiro atoms. The summed E-state index contributed by atoms with van der Waals surface area (Å²) < 4.78 is 13.6. The number of nitrogens with zero attached hydrogens (tertiary/aromatic N) is 3. The first-order valence-corrected chi connectivity index (χ1v) is 27.3. The van der Waals surface area contributed by atoms with Gasteiger partial charge in [-0.3, -0.25) is 0 Å².